The van der Waals surface area contributed by atoms with Gasteiger partial charge in [0.05, 0.1) is 11.0 Å². The first-order valence-corrected chi connectivity index (χ1v) is 14.6. The summed E-state index contributed by atoms with van der Waals surface area (Å²) in [5.74, 6) is -1.20. The van der Waals surface area contributed by atoms with Gasteiger partial charge in [-0.05, 0) is 85.9 Å². The minimum absolute atomic E-state index is 0.251. The molecule has 40 heavy (non-hydrogen) atoms. The Balaban J connectivity index is 1.42. The highest BCUT2D eigenvalue weighted by atomic mass is 32.1. The molecule has 0 amide bonds. The van der Waals surface area contributed by atoms with Crippen LogP contribution in [0.4, 0.5) is 0 Å². The number of rotatable bonds is 5. The van der Waals surface area contributed by atoms with Gasteiger partial charge in [-0.2, -0.15) is 5.26 Å². The highest BCUT2D eigenvalue weighted by Crippen LogP contribution is 2.47. The minimum Gasteiger partial charge on any atom is -0.477 e. The molecule has 1 N–H and O–H groups in total. The van der Waals surface area contributed by atoms with Crippen molar-refractivity contribution in [2.75, 3.05) is 0 Å². The van der Waals surface area contributed by atoms with E-state index in [0.717, 1.165) is 26.6 Å². The second kappa shape index (κ2) is 9.95. The molecule has 3 aromatic heterocycles. The van der Waals surface area contributed by atoms with Gasteiger partial charge in [0.1, 0.15) is 11.6 Å². The van der Waals surface area contributed by atoms with Gasteiger partial charge in [0.2, 0.25) is 0 Å². The van der Waals surface area contributed by atoms with Crippen LogP contribution in [0.2, 0.25) is 0 Å². The number of aromatic nitrogens is 1. The van der Waals surface area contributed by atoms with Gasteiger partial charge in [0, 0.05) is 36.0 Å². The van der Waals surface area contributed by atoms with Crippen molar-refractivity contribution in [1.29, 1.82) is 5.26 Å². The zero-order valence-corrected chi connectivity index (χ0v) is 24.2. The van der Waals surface area contributed by atoms with Crippen molar-refractivity contribution in [2.45, 2.75) is 27.7 Å². The van der Waals surface area contributed by atoms with Crippen LogP contribution in [-0.4, -0.2) is 15.6 Å². The molecular weight excluding hydrogens is 533 g/mol. The number of carbonyl (C=O) groups is 1. The molecule has 6 heteroatoms. The van der Waals surface area contributed by atoms with Gasteiger partial charge in [-0.25, -0.2) is 4.79 Å². The topological polar surface area (TPSA) is 66.0 Å². The Morgan fingerprint density at radius 3 is 1.85 bits per heavy atom. The number of nitriles is 1. The Bertz CT molecular complexity index is 1980. The van der Waals surface area contributed by atoms with Crippen LogP contribution in [0.15, 0.2) is 78.4 Å². The maximum atomic E-state index is 11.4. The monoisotopic (exact) mass is 558 g/mol. The van der Waals surface area contributed by atoms with Gasteiger partial charge in [0.25, 0.3) is 0 Å². The molecule has 0 aliphatic heterocycles. The minimum atomic E-state index is -1.20. The Morgan fingerprint density at radius 2 is 1.27 bits per heavy atom. The van der Waals surface area contributed by atoms with E-state index in [1.54, 1.807) is 28.7 Å². The summed E-state index contributed by atoms with van der Waals surface area (Å²) in [4.78, 5) is 15.8. The average Bonchev–Trinajstić information content (AvgIpc) is 3.56. The molecule has 0 spiro atoms. The largest absolute Gasteiger partial charge is 0.477 e. The van der Waals surface area contributed by atoms with Crippen LogP contribution in [0, 0.1) is 39.0 Å². The van der Waals surface area contributed by atoms with Gasteiger partial charge >= 0.3 is 5.97 Å². The zero-order chi connectivity index (χ0) is 28.1. The Labute approximate surface area is 240 Å². The fourth-order valence-corrected chi connectivity index (χ4v) is 8.12. The van der Waals surface area contributed by atoms with Crippen molar-refractivity contribution in [1.82, 2.24) is 4.57 Å². The number of fused-ring (bicyclic) bond motifs is 3. The third-order valence-corrected chi connectivity index (χ3v) is 10.7. The van der Waals surface area contributed by atoms with E-state index < -0.39 is 5.97 Å². The Hall–Kier alpha value is -4.44. The number of thiophene rings is 2. The lowest BCUT2D eigenvalue weighted by Crippen LogP contribution is -1.97. The summed E-state index contributed by atoms with van der Waals surface area (Å²) in [6.07, 6.45) is 1.49. The molecule has 0 fully saturated rings. The fraction of sp³-hybridized carbons (Fsp3) is 0.118. The molecule has 3 aromatic carbocycles. The summed E-state index contributed by atoms with van der Waals surface area (Å²) in [7, 11) is 0. The smallest absolute Gasteiger partial charge is 0.346 e. The number of aliphatic carboxylic acids is 1. The van der Waals surface area contributed by atoms with Gasteiger partial charge in [0.15, 0.2) is 0 Å². The van der Waals surface area contributed by atoms with Gasteiger partial charge in [-0.15, -0.1) is 22.7 Å². The second-order valence-corrected chi connectivity index (χ2v) is 12.0. The quantitative estimate of drug-likeness (QED) is 0.169. The number of carboxylic acids is 1. The first-order chi connectivity index (χ1) is 19.3. The summed E-state index contributed by atoms with van der Waals surface area (Å²) in [6, 6.07) is 27.7. The van der Waals surface area contributed by atoms with Crippen LogP contribution in [0.1, 0.15) is 27.1 Å². The second-order valence-electron chi connectivity index (χ2n) is 9.95. The van der Waals surface area contributed by atoms with Crippen LogP contribution < -0.4 is 0 Å². The summed E-state index contributed by atoms with van der Waals surface area (Å²) in [5.41, 5.74) is 9.04. The first-order valence-electron chi connectivity index (χ1n) is 12.9. The first kappa shape index (κ1) is 25.8. The third kappa shape index (κ3) is 4.06. The summed E-state index contributed by atoms with van der Waals surface area (Å²) in [5, 5.41) is 21.1. The normalized spacial score (nSPS) is 11.8. The third-order valence-electron chi connectivity index (χ3n) is 7.73. The summed E-state index contributed by atoms with van der Waals surface area (Å²) >= 11 is 3.32. The Morgan fingerprint density at radius 1 is 0.750 bits per heavy atom. The van der Waals surface area contributed by atoms with E-state index in [9.17, 15) is 15.2 Å². The SMILES string of the molecule is Cc1c(/C=C(/C#N)C(=O)O)sc(-c2sc(-c3ccc(-n4c5ccccc5c5ccccc54)cc3)c(C)c2C)c1C. The van der Waals surface area contributed by atoms with Crippen LogP contribution in [0.25, 0.3) is 53.8 Å². The standard InChI is InChI=1S/C34H26N2O2S2/c1-19-20(2)32(39-30(19)17-24(18-35)34(37)38)33-22(4)21(3)31(40-33)23-13-15-25(16-14-23)36-28-11-7-5-9-26(28)27-10-6-8-12-29(27)36/h5-17H,1-4H3,(H,37,38)/b24-17-. The molecule has 0 aliphatic carbocycles. The molecular formula is C34H26N2O2S2. The fourth-order valence-electron chi connectivity index (χ4n) is 5.30. The molecule has 6 aromatic rings. The predicted octanol–water partition coefficient (Wildman–Crippen LogP) is 9.47. The average molecular weight is 559 g/mol. The number of benzene rings is 3. The van der Waals surface area contributed by atoms with Crippen LogP contribution in [0.3, 0.4) is 0 Å². The molecule has 6 rings (SSSR count). The van der Waals surface area contributed by atoms with Crippen molar-refractivity contribution in [2.24, 2.45) is 0 Å². The van der Waals surface area contributed by atoms with Crippen molar-refractivity contribution in [3.63, 3.8) is 0 Å². The summed E-state index contributed by atoms with van der Waals surface area (Å²) in [6.45, 7) is 8.38. The van der Waals surface area contributed by atoms with Crippen LogP contribution >= 0.6 is 22.7 Å². The van der Waals surface area contributed by atoms with E-state index in [1.165, 1.54) is 54.3 Å². The van der Waals surface area contributed by atoms with Crippen molar-refractivity contribution in [3.05, 3.63) is 106 Å². The molecule has 0 aliphatic rings. The lowest BCUT2D eigenvalue weighted by molar-refractivity contribution is -0.132. The maximum Gasteiger partial charge on any atom is 0.346 e. The molecule has 3 heterocycles. The number of hydrogen-bond donors (Lipinski definition) is 1. The molecule has 0 atom stereocenters. The van der Waals surface area contributed by atoms with E-state index >= 15 is 0 Å². The number of carboxylic acid groups (broad SMARTS) is 1. The summed E-state index contributed by atoms with van der Waals surface area (Å²) < 4.78 is 2.33. The molecule has 0 saturated carbocycles. The molecule has 0 radical (unpaired) electrons. The number of para-hydroxylation sites is 2. The van der Waals surface area contributed by atoms with Crippen LogP contribution in [-0.2, 0) is 4.79 Å². The maximum absolute atomic E-state index is 11.4. The van der Waals surface area contributed by atoms with Crippen molar-refractivity contribution in [3.8, 4) is 32.0 Å². The van der Waals surface area contributed by atoms with Crippen molar-refractivity contribution >= 4 is 56.5 Å². The number of hydrogen-bond acceptors (Lipinski definition) is 4. The Kier molecular flexibility index (Phi) is 6.42. The highest BCUT2D eigenvalue weighted by Gasteiger charge is 2.21. The molecule has 196 valence electrons. The predicted molar refractivity (Wildman–Crippen MR) is 168 cm³/mol. The van der Waals surface area contributed by atoms with Crippen LogP contribution in [0.5, 0.6) is 0 Å². The van der Waals surface area contributed by atoms with E-state index in [0.29, 0.717) is 0 Å². The molecule has 0 bridgehead atoms. The lowest BCUT2D eigenvalue weighted by atomic mass is 10.0. The lowest BCUT2D eigenvalue weighted by Gasteiger charge is -2.09. The van der Waals surface area contributed by atoms with Crippen molar-refractivity contribution < 1.29 is 9.90 Å². The molecule has 4 nitrogen and oxygen atoms in total. The van der Waals surface area contributed by atoms with E-state index in [1.807, 2.05) is 6.92 Å². The van der Waals surface area contributed by atoms with Gasteiger partial charge < -0.3 is 9.67 Å². The zero-order valence-electron chi connectivity index (χ0n) is 22.6. The highest BCUT2D eigenvalue weighted by molar-refractivity contribution is 7.24. The van der Waals surface area contributed by atoms with Gasteiger partial charge in [-0.1, -0.05) is 48.5 Å². The van der Waals surface area contributed by atoms with E-state index in [4.69, 9.17) is 0 Å². The van der Waals surface area contributed by atoms with E-state index in [2.05, 4.69) is 98.1 Å². The van der Waals surface area contributed by atoms with Gasteiger partial charge in [-0.3, -0.25) is 0 Å². The van der Waals surface area contributed by atoms with E-state index in [-0.39, 0.29) is 5.57 Å². The molecule has 0 unspecified atom stereocenters. The molecule has 0 saturated heterocycles. The number of nitrogens with zero attached hydrogens (tertiary/aromatic N) is 2.